The molecule has 7 nitrogen and oxygen atoms in total. The van der Waals surface area contributed by atoms with Gasteiger partial charge in [-0.3, -0.25) is 14.4 Å². The summed E-state index contributed by atoms with van der Waals surface area (Å²) in [5.74, 6) is -0.324. The first-order chi connectivity index (χ1) is 15.1. The van der Waals surface area contributed by atoms with Crippen LogP contribution >= 0.6 is 0 Å². The summed E-state index contributed by atoms with van der Waals surface area (Å²) in [5, 5.41) is 4.45. The van der Waals surface area contributed by atoms with Gasteiger partial charge in [0.25, 0.3) is 5.91 Å². The van der Waals surface area contributed by atoms with E-state index in [-0.39, 0.29) is 11.7 Å². The number of pyridine rings is 1. The van der Waals surface area contributed by atoms with Crippen LogP contribution in [0.1, 0.15) is 16.2 Å². The van der Waals surface area contributed by atoms with E-state index in [0.29, 0.717) is 24.5 Å². The number of piperazine rings is 1. The SMILES string of the molecule is Cn1nc(-c2ccc(F)cc2)cc1C(=O)N1CCN(Cc2cnc3ccccn23)CC1. The summed E-state index contributed by atoms with van der Waals surface area (Å²) < 4.78 is 16.9. The lowest BCUT2D eigenvalue weighted by atomic mass is 10.1. The van der Waals surface area contributed by atoms with Crippen LogP contribution in [-0.2, 0) is 13.6 Å². The highest BCUT2D eigenvalue weighted by Crippen LogP contribution is 2.21. The first-order valence-electron chi connectivity index (χ1n) is 10.3. The van der Waals surface area contributed by atoms with Crippen LogP contribution in [-0.4, -0.2) is 61.1 Å². The maximum absolute atomic E-state index is 13.2. The van der Waals surface area contributed by atoms with E-state index in [2.05, 4.69) is 19.4 Å². The number of imidazole rings is 1. The molecule has 8 heteroatoms. The molecule has 1 saturated heterocycles. The monoisotopic (exact) mass is 418 g/mol. The minimum Gasteiger partial charge on any atom is -0.335 e. The highest BCUT2D eigenvalue weighted by atomic mass is 19.1. The van der Waals surface area contributed by atoms with Crippen molar-refractivity contribution in [1.29, 1.82) is 0 Å². The Kier molecular flexibility index (Phi) is 4.99. The van der Waals surface area contributed by atoms with Crippen molar-refractivity contribution in [3.63, 3.8) is 0 Å². The summed E-state index contributed by atoms with van der Waals surface area (Å²) >= 11 is 0. The van der Waals surface area contributed by atoms with E-state index in [0.717, 1.165) is 36.5 Å². The Bertz CT molecular complexity index is 1220. The maximum atomic E-state index is 13.2. The number of amides is 1. The second-order valence-corrected chi connectivity index (χ2v) is 7.79. The third-order valence-electron chi connectivity index (χ3n) is 5.78. The second-order valence-electron chi connectivity index (χ2n) is 7.79. The number of benzene rings is 1. The smallest absolute Gasteiger partial charge is 0.272 e. The average molecular weight is 418 g/mol. The number of nitrogens with zero attached hydrogens (tertiary/aromatic N) is 6. The zero-order valence-electron chi connectivity index (χ0n) is 17.3. The molecular weight excluding hydrogens is 395 g/mol. The van der Waals surface area contributed by atoms with E-state index in [9.17, 15) is 9.18 Å². The summed E-state index contributed by atoms with van der Waals surface area (Å²) in [6.45, 7) is 3.72. The van der Waals surface area contributed by atoms with Crippen LogP contribution < -0.4 is 0 Å². The first-order valence-corrected chi connectivity index (χ1v) is 10.3. The normalized spacial score (nSPS) is 15.0. The molecule has 158 valence electrons. The van der Waals surface area contributed by atoms with Crippen molar-refractivity contribution in [3.8, 4) is 11.3 Å². The molecule has 0 spiro atoms. The Labute approximate surface area is 179 Å². The number of halogens is 1. The van der Waals surface area contributed by atoms with E-state index in [1.54, 1.807) is 29.9 Å². The number of aromatic nitrogens is 4. The molecule has 1 fully saturated rings. The third-order valence-corrected chi connectivity index (χ3v) is 5.78. The molecule has 0 atom stereocenters. The fraction of sp³-hybridized carbons (Fsp3) is 0.261. The van der Waals surface area contributed by atoms with Gasteiger partial charge in [0.15, 0.2) is 0 Å². The van der Waals surface area contributed by atoms with Gasteiger partial charge in [-0.15, -0.1) is 0 Å². The first kappa shape index (κ1) is 19.4. The summed E-state index contributed by atoms with van der Waals surface area (Å²) in [4.78, 5) is 21.8. The van der Waals surface area contributed by atoms with Gasteiger partial charge in [-0.05, 0) is 42.5 Å². The highest BCUT2D eigenvalue weighted by Gasteiger charge is 2.25. The van der Waals surface area contributed by atoms with Crippen molar-refractivity contribution in [2.45, 2.75) is 6.54 Å². The fourth-order valence-corrected chi connectivity index (χ4v) is 4.03. The minimum atomic E-state index is -0.294. The van der Waals surface area contributed by atoms with Crippen molar-refractivity contribution in [3.05, 3.63) is 78.1 Å². The van der Waals surface area contributed by atoms with E-state index < -0.39 is 0 Å². The molecule has 5 rings (SSSR count). The van der Waals surface area contributed by atoms with Crippen molar-refractivity contribution in [2.75, 3.05) is 26.2 Å². The van der Waals surface area contributed by atoms with Crippen molar-refractivity contribution < 1.29 is 9.18 Å². The van der Waals surface area contributed by atoms with Gasteiger partial charge in [-0.2, -0.15) is 5.10 Å². The molecule has 1 aliphatic rings. The number of hydrogen-bond acceptors (Lipinski definition) is 4. The van der Waals surface area contributed by atoms with Gasteiger partial charge < -0.3 is 9.30 Å². The lowest BCUT2D eigenvalue weighted by Crippen LogP contribution is -2.48. The predicted molar refractivity (Wildman–Crippen MR) is 115 cm³/mol. The van der Waals surface area contributed by atoms with E-state index in [1.807, 2.05) is 35.5 Å². The number of hydrogen-bond donors (Lipinski definition) is 0. The molecule has 0 unspecified atom stereocenters. The average Bonchev–Trinajstić information content (AvgIpc) is 3.38. The molecule has 0 radical (unpaired) electrons. The maximum Gasteiger partial charge on any atom is 0.272 e. The summed E-state index contributed by atoms with van der Waals surface area (Å²) in [6.07, 6.45) is 3.94. The Morgan fingerprint density at radius 1 is 1.06 bits per heavy atom. The van der Waals surface area contributed by atoms with Crippen molar-refractivity contribution in [2.24, 2.45) is 7.05 Å². The largest absolute Gasteiger partial charge is 0.335 e. The Morgan fingerprint density at radius 3 is 2.61 bits per heavy atom. The molecule has 31 heavy (non-hydrogen) atoms. The zero-order valence-corrected chi connectivity index (χ0v) is 17.3. The van der Waals surface area contributed by atoms with Crippen molar-refractivity contribution >= 4 is 11.6 Å². The topological polar surface area (TPSA) is 58.7 Å². The highest BCUT2D eigenvalue weighted by molar-refractivity contribution is 5.93. The molecule has 1 aromatic carbocycles. The standard InChI is InChI=1S/C23H23FN6O/c1-27-21(14-20(26-27)17-5-7-18(24)8-6-17)23(31)29-12-10-28(11-13-29)16-19-15-25-22-4-2-3-9-30(19)22/h2-9,14-15H,10-13,16H2,1H3. The van der Waals surface area contributed by atoms with Crippen molar-refractivity contribution in [1.82, 2.24) is 29.0 Å². The van der Waals surface area contributed by atoms with Crippen LogP contribution in [0.5, 0.6) is 0 Å². The Balaban J connectivity index is 1.24. The molecule has 1 amide bonds. The lowest BCUT2D eigenvalue weighted by molar-refractivity contribution is 0.0616. The number of rotatable bonds is 4. The fourth-order valence-electron chi connectivity index (χ4n) is 4.03. The van der Waals surface area contributed by atoms with Gasteiger partial charge >= 0.3 is 0 Å². The summed E-state index contributed by atoms with van der Waals surface area (Å²) in [6, 6.07) is 13.9. The van der Waals surface area contributed by atoms with Crippen LogP contribution in [0.3, 0.4) is 0 Å². The zero-order chi connectivity index (χ0) is 21.4. The van der Waals surface area contributed by atoms with Crippen LogP contribution in [0.4, 0.5) is 4.39 Å². The van der Waals surface area contributed by atoms with Gasteiger partial charge in [0.1, 0.15) is 17.2 Å². The van der Waals surface area contributed by atoms with Crippen LogP contribution in [0.15, 0.2) is 60.9 Å². The van der Waals surface area contributed by atoms with Crippen LogP contribution in [0, 0.1) is 5.82 Å². The minimum absolute atomic E-state index is 0.0298. The van der Waals surface area contributed by atoms with Crippen LogP contribution in [0.2, 0.25) is 0 Å². The van der Waals surface area contributed by atoms with E-state index in [4.69, 9.17) is 0 Å². The molecule has 4 heterocycles. The quantitative estimate of drug-likeness (QED) is 0.511. The number of aryl methyl sites for hydroxylation is 1. The Morgan fingerprint density at radius 2 is 1.84 bits per heavy atom. The molecule has 3 aromatic heterocycles. The molecule has 1 aliphatic heterocycles. The predicted octanol–water partition coefficient (Wildman–Crippen LogP) is 2.83. The Hall–Kier alpha value is -3.52. The second kappa shape index (κ2) is 7.96. The molecular formula is C23H23FN6O. The van der Waals surface area contributed by atoms with Gasteiger partial charge in [0.2, 0.25) is 0 Å². The summed E-state index contributed by atoms with van der Waals surface area (Å²) in [5.41, 5.74) is 4.07. The lowest BCUT2D eigenvalue weighted by Gasteiger charge is -2.34. The molecule has 0 bridgehead atoms. The third kappa shape index (κ3) is 3.82. The van der Waals surface area contributed by atoms with Crippen LogP contribution in [0.25, 0.3) is 16.9 Å². The van der Waals surface area contributed by atoms with Gasteiger partial charge in [-0.1, -0.05) is 6.07 Å². The van der Waals surface area contributed by atoms with Gasteiger partial charge in [0, 0.05) is 51.5 Å². The number of carbonyl (C=O) groups excluding carboxylic acids is 1. The summed E-state index contributed by atoms with van der Waals surface area (Å²) in [7, 11) is 1.77. The van der Waals surface area contributed by atoms with Gasteiger partial charge in [-0.25, -0.2) is 9.37 Å². The van der Waals surface area contributed by atoms with E-state index >= 15 is 0 Å². The van der Waals surface area contributed by atoms with E-state index in [1.165, 1.54) is 12.1 Å². The van der Waals surface area contributed by atoms with Gasteiger partial charge in [0.05, 0.1) is 17.6 Å². The number of carbonyl (C=O) groups is 1. The molecule has 0 saturated carbocycles. The molecule has 4 aromatic rings. The number of fused-ring (bicyclic) bond motifs is 1. The molecule has 0 N–H and O–H groups in total. The molecule has 0 aliphatic carbocycles.